The summed E-state index contributed by atoms with van der Waals surface area (Å²) in [5.41, 5.74) is 2.62. The van der Waals surface area contributed by atoms with Gasteiger partial charge in [-0.2, -0.15) is 5.26 Å². The summed E-state index contributed by atoms with van der Waals surface area (Å²) in [6, 6.07) is 11.6. The van der Waals surface area contributed by atoms with Gasteiger partial charge in [0.15, 0.2) is 5.13 Å². The Labute approximate surface area is 150 Å². The Balaban J connectivity index is 1.58. The molecule has 0 atom stereocenters. The molecular weight excluding hydrogens is 332 g/mol. The Bertz CT molecular complexity index is 955. The van der Waals surface area contributed by atoms with Crippen LogP contribution in [0.5, 0.6) is 5.75 Å². The number of hydrogen-bond acceptors (Lipinski definition) is 6. The third kappa shape index (κ3) is 2.81. The van der Waals surface area contributed by atoms with Gasteiger partial charge in [0.05, 0.1) is 34.7 Å². The smallest absolute Gasteiger partial charge is 0.183 e. The van der Waals surface area contributed by atoms with Crippen molar-refractivity contribution >= 4 is 26.7 Å². The number of hydrogen-bond donors (Lipinski definition) is 1. The lowest BCUT2D eigenvalue weighted by Gasteiger charge is -2.42. The molecule has 1 aromatic carbocycles. The van der Waals surface area contributed by atoms with Gasteiger partial charge < -0.3 is 10.1 Å². The van der Waals surface area contributed by atoms with Gasteiger partial charge >= 0.3 is 0 Å². The van der Waals surface area contributed by atoms with Crippen LogP contribution < -0.4 is 10.1 Å². The average molecular weight is 350 g/mol. The molecule has 0 amide bonds. The van der Waals surface area contributed by atoms with Gasteiger partial charge in [-0.25, -0.2) is 4.98 Å². The van der Waals surface area contributed by atoms with Crippen molar-refractivity contribution in [2.45, 2.75) is 24.7 Å². The Morgan fingerprint density at radius 3 is 2.96 bits per heavy atom. The molecule has 0 spiro atoms. The first kappa shape index (κ1) is 15.9. The maximum absolute atomic E-state index is 9.03. The zero-order chi connectivity index (χ0) is 17.3. The first-order valence-electron chi connectivity index (χ1n) is 8.28. The number of anilines is 1. The van der Waals surface area contributed by atoms with Crippen molar-refractivity contribution in [1.29, 1.82) is 5.26 Å². The highest BCUT2D eigenvalue weighted by Gasteiger charge is 2.42. The summed E-state index contributed by atoms with van der Waals surface area (Å²) in [5, 5.41) is 13.4. The molecule has 6 heteroatoms. The van der Waals surface area contributed by atoms with Crippen LogP contribution in [0.4, 0.5) is 5.13 Å². The van der Waals surface area contributed by atoms with Crippen LogP contribution in [0, 0.1) is 11.3 Å². The summed E-state index contributed by atoms with van der Waals surface area (Å²) in [6.07, 6.45) is 5.22. The van der Waals surface area contributed by atoms with Gasteiger partial charge in [0.25, 0.3) is 0 Å². The first-order valence-corrected chi connectivity index (χ1v) is 9.10. The molecule has 1 saturated carbocycles. The third-order valence-electron chi connectivity index (χ3n) is 4.90. The van der Waals surface area contributed by atoms with Gasteiger partial charge in [-0.05, 0) is 43.2 Å². The molecule has 1 aliphatic rings. The van der Waals surface area contributed by atoms with E-state index >= 15 is 0 Å². The minimum Gasteiger partial charge on any atom is -0.495 e. The van der Waals surface area contributed by atoms with Gasteiger partial charge in [0.1, 0.15) is 5.75 Å². The van der Waals surface area contributed by atoms with Gasteiger partial charge in [-0.15, -0.1) is 0 Å². The van der Waals surface area contributed by atoms with E-state index in [-0.39, 0.29) is 5.41 Å². The Morgan fingerprint density at radius 2 is 2.24 bits per heavy atom. The van der Waals surface area contributed by atoms with E-state index in [0.717, 1.165) is 46.2 Å². The van der Waals surface area contributed by atoms with Crippen molar-refractivity contribution in [3.05, 3.63) is 47.8 Å². The van der Waals surface area contributed by atoms with E-state index in [4.69, 9.17) is 10.00 Å². The monoisotopic (exact) mass is 350 g/mol. The molecule has 0 bridgehead atoms. The zero-order valence-corrected chi connectivity index (χ0v) is 14.8. The minimum atomic E-state index is 0.00225. The second kappa shape index (κ2) is 6.34. The summed E-state index contributed by atoms with van der Waals surface area (Å²) in [6.45, 7) is 0.783. The van der Waals surface area contributed by atoms with E-state index in [9.17, 15) is 0 Å². The fourth-order valence-corrected chi connectivity index (χ4v) is 4.27. The number of aromatic nitrogens is 2. The van der Waals surface area contributed by atoms with E-state index in [1.165, 1.54) is 6.42 Å². The molecule has 25 heavy (non-hydrogen) atoms. The fraction of sp³-hybridized carbons (Fsp3) is 0.316. The zero-order valence-electron chi connectivity index (χ0n) is 14.0. The lowest BCUT2D eigenvalue weighted by Crippen LogP contribution is -2.42. The Morgan fingerprint density at radius 1 is 1.36 bits per heavy atom. The van der Waals surface area contributed by atoms with E-state index in [2.05, 4.69) is 21.4 Å². The maximum atomic E-state index is 9.03. The number of nitrogens with zero attached hydrogens (tertiary/aromatic N) is 3. The predicted octanol–water partition coefficient (Wildman–Crippen LogP) is 4.11. The molecule has 2 aromatic heterocycles. The topological polar surface area (TPSA) is 70.8 Å². The van der Waals surface area contributed by atoms with Crippen LogP contribution >= 0.6 is 11.3 Å². The molecule has 3 aromatic rings. The Kier molecular flexibility index (Phi) is 4.02. The summed E-state index contributed by atoms with van der Waals surface area (Å²) in [5.74, 6) is 0.854. The number of thiazole rings is 1. The van der Waals surface area contributed by atoms with Crippen LogP contribution in [0.1, 0.15) is 30.5 Å². The van der Waals surface area contributed by atoms with Gasteiger partial charge in [0, 0.05) is 18.2 Å². The molecule has 2 heterocycles. The van der Waals surface area contributed by atoms with Crippen LogP contribution in [0.25, 0.3) is 10.2 Å². The normalized spacial score (nSPS) is 15.4. The lowest BCUT2D eigenvalue weighted by molar-refractivity contribution is 0.242. The van der Waals surface area contributed by atoms with E-state index < -0.39 is 0 Å². The predicted molar refractivity (Wildman–Crippen MR) is 99.1 cm³/mol. The molecule has 0 saturated heterocycles. The molecule has 1 aliphatic carbocycles. The first-order chi connectivity index (χ1) is 12.2. The van der Waals surface area contributed by atoms with Gasteiger partial charge in [-0.1, -0.05) is 17.8 Å². The summed E-state index contributed by atoms with van der Waals surface area (Å²) >= 11 is 1.58. The van der Waals surface area contributed by atoms with E-state index in [0.29, 0.717) is 5.56 Å². The van der Waals surface area contributed by atoms with Crippen molar-refractivity contribution < 1.29 is 4.74 Å². The molecule has 0 unspecified atom stereocenters. The molecule has 1 fully saturated rings. The van der Waals surface area contributed by atoms with Crippen LogP contribution in [-0.4, -0.2) is 23.6 Å². The summed E-state index contributed by atoms with van der Waals surface area (Å²) in [4.78, 5) is 9.24. The number of methoxy groups -OCH3 is 1. The standard InChI is InChI=1S/C19H18N4OS/c1-24-15-4-2-9-21-17(15)19(7-3-8-19)12-22-18-23-14-6-5-13(11-20)10-16(14)25-18/h2,4-6,9-10H,3,7-8,12H2,1H3,(H,22,23). The van der Waals surface area contributed by atoms with E-state index in [1.807, 2.05) is 30.5 Å². The molecule has 0 radical (unpaired) electrons. The number of ether oxygens (including phenoxy) is 1. The SMILES string of the molecule is COc1cccnc1C1(CNc2nc3ccc(C#N)cc3s2)CCC1. The highest BCUT2D eigenvalue weighted by molar-refractivity contribution is 7.22. The number of pyridine rings is 1. The molecule has 0 aliphatic heterocycles. The van der Waals surface area contributed by atoms with Crippen LogP contribution in [-0.2, 0) is 5.41 Å². The molecule has 126 valence electrons. The fourth-order valence-electron chi connectivity index (χ4n) is 3.37. The average Bonchev–Trinajstić information content (AvgIpc) is 3.03. The van der Waals surface area contributed by atoms with Crippen molar-refractivity contribution in [1.82, 2.24) is 9.97 Å². The summed E-state index contributed by atoms with van der Waals surface area (Å²) < 4.78 is 6.55. The van der Waals surface area contributed by atoms with Crippen molar-refractivity contribution in [3.8, 4) is 11.8 Å². The second-order valence-electron chi connectivity index (χ2n) is 6.36. The minimum absolute atomic E-state index is 0.00225. The third-order valence-corrected chi connectivity index (χ3v) is 5.88. The number of rotatable bonds is 5. The number of benzene rings is 1. The van der Waals surface area contributed by atoms with Crippen LogP contribution in [0.3, 0.4) is 0 Å². The number of nitrogens with one attached hydrogen (secondary N) is 1. The van der Waals surface area contributed by atoms with E-state index in [1.54, 1.807) is 24.5 Å². The highest BCUT2D eigenvalue weighted by atomic mass is 32.1. The number of nitriles is 1. The quantitative estimate of drug-likeness (QED) is 0.750. The van der Waals surface area contributed by atoms with Crippen LogP contribution in [0.2, 0.25) is 0 Å². The van der Waals surface area contributed by atoms with Gasteiger partial charge in [0.2, 0.25) is 0 Å². The van der Waals surface area contributed by atoms with Crippen LogP contribution in [0.15, 0.2) is 36.5 Å². The lowest BCUT2D eigenvalue weighted by atomic mass is 9.66. The Hall–Kier alpha value is -2.65. The van der Waals surface area contributed by atoms with Crippen molar-refractivity contribution in [3.63, 3.8) is 0 Å². The van der Waals surface area contributed by atoms with Crippen molar-refractivity contribution in [2.75, 3.05) is 19.0 Å². The summed E-state index contributed by atoms with van der Waals surface area (Å²) in [7, 11) is 1.70. The molecule has 4 rings (SSSR count). The molecule has 5 nitrogen and oxygen atoms in total. The largest absolute Gasteiger partial charge is 0.495 e. The van der Waals surface area contributed by atoms with Gasteiger partial charge in [-0.3, -0.25) is 4.98 Å². The molecular formula is C19H18N4OS. The maximum Gasteiger partial charge on any atom is 0.183 e. The van der Waals surface area contributed by atoms with Crippen molar-refractivity contribution in [2.24, 2.45) is 0 Å². The molecule has 1 N–H and O–H groups in total. The number of fused-ring (bicyclic) bond motifs is 1. The second-order valence-corrected chi connectivity index (χ2v) is 7.39. The highest BCUT2D eigenvalue weighted by Crippen LogP contribution is 2.46.